The highest BCUT2D eigenvalue weighted by Crippen LogP contribution is 2.38. The van der Waals surface area contributed by atoms with E-state index < -0.39 is 17.9 Å². The Morgan fingerprint density at radius 1 is 1.17 bits per heavy atom. The molecule has 0 radical (unpaired) electrons. The summed E-state index contributed by atoms with van der Waals surface area (Å²) in [6.07, 6.45) is 1.52. The Bertz CT molecular complexity index is 1370. The molecule has 1 aromatic heterocycles. The normalized spacial score (nSPS) is 14.2. The van der Waals surface area contributed by atoms with Crippen LogP contribution in [0, 0.1) is 0 Å². The molecule has 9 nitrogen and oxygen atoms in total. The average Bonchev–Trinajstić information content (AvgIpc) is 3.44. The molecule has 4 rings (SSSR count). The van der Waals surface area contributed by atoms with Crippen molar-refractivity contribution in [3.05, 3.63) is 86.4 Å². The van der Waals surface area contributed by atoms with E-state index in [1.165, 1.54) is 32.4 Å². The molecule has 186 valence electrons. The maximum atomic E-state index is 12.9. The van der Waals surface area contributed by atoms with Gasteiger partial charge >= 0.3 is 12.0 Å². The van der Waals surface area contributed by atoms with Crippen molar-refractivity contribution in [1.82, 2.24) is 10.2 Å². The van der Waals surface area contributed by atoms with Gasteiger partial charge in [0.2, 0.25) is 5.76 Å². The van der Waals surface area contributed by atoms with E-state index in [4.69, 9.17) is 25.5 Å². The molecule has 3 amide bonds. The molecule has 0 aliphatic carbocycles. The number of imide groups is 1. The van der Waals surface area contributed by atoms with Crippen LogP contribution in [0.1, 0.15) is 27.4 Å². The minimum atomic E-state index is -0.655. The second-order valence-corrected chi connectivity index (χ2v) is 8.81. The summed E-state index contributed by atoms with van der Waals surface area (Å²) in [4.78, 5) is 37.9. The second kappa shape index (κ2) is 10.9. The number of urea groups is 1. The molecular weight excluding hydrogens is 556 g/mol. The van der Waals surface area contributed by atoms with E-state index in [1.807, 2.05) is 18.2 Å². The number of nitrogens with zero attached hydrogens (tertiary/aromatic N) is 1. The lowest BCUT2D eigenvalue weighted by molar-refractivity contribution is -0.123. The molecule has 1 aliphatic rings. The van der Waals surface area contributed by atoms with Crippen molar-refractivity contribution in [2.75, 3.05) is 14.2 Å². The van der Waals surface area contributed by atoms with Crippen LogP contribution in [0.5, 0.6) is 11.5 Å². The number of methoxy groups -OCH3 is 2. The first-order chi connectivity index (χ1) is 17.3. The zero-order chi connectivity index (χ0) is 25.8. The van der Waals surface area contributed by atoms with Gasteiger partial charge in [0, 0.05) is 10.6 Å². The molecule has 1 aliphatic heterocycles. The molecule has 0 atom stereocenters. The number of rotatable bonds is 8. The van der Waals surface area contributed by atoms with Crippen LogP contribution < -0.4 is 14.8 Å². The summed E-state index contributed by atoms with van der Waals surface area (Å²) in [5.41, 5.74) is 1.47. The highest BCUT2D eigenvalue weighted by molar-refractivity contribution is 9.10. The fourth-order valence-electron chi connectivity index (χ4n) is 3.44. The summed E-state index contributed by atoms with van der Waals surface area (Å²) in [5, 5.41) is 3.14. The standard InChI is InChI=1S/C25H20BrClN2O7/c1-33-21-11-14(9-17(26)22(21)35-13-15-5-3-4-6-18(15)27)10-19-23(30)29(25(32)28-19)12-16-7-8-20(36-16)24(31)34-2/h3-11H,12-13H2,1-2H3,(H,28,32)/b19-10-. The van der Waals surface area contributed by atoms with Crippen LogP contribution in [0.25, 0.3) is 6.08 Å². The Labute approximate surface area is 219 Å². The maximum absolute atomic E-state index is 12.9. The number of ether oxygens (including phenoxy) is 3. The van der Waals surface area contributed by atoms with Gasteiger partial charge in [-0.25, -0.2) is 9.59 Å². The quantitative estimate of drug-likeness (QED) is 0.225. The highest BCUT2D eigenvalue weighted by atomic mass is 79.9. The number of esters is 1. The topological polar surface area (TPSA) is 107 Å². The zero-order valence-electron chi connectivity index (χ0n) is 19.2. The fourth-order valence-corrected chi connectivity index (χ4v) is 4.20. The van der Waals surface area contributed by atoms with Crippen LogP contribution in [-0.2, 0) is 22.7 Å². The van der Waals surface area contributed by atoms with Gasteiger partial charge in [-0.15, -0.1) is 0 Å². The van der Waals surface area contributed by atoms with E-state index in [0.29, 0.717) is 26.6 Å². The first kappa shape index (κ1) is 25.3. The summed E-state index contributed by atoms with van der Waals surface area (Å²) in [6.45, 7) is 0.0733. The van der Waals surface area contributed by atoms with Gasteiger partial charge in [0.15, 0.2) is 11.5 Å². The molecule has 1 fully saturated rings. The number of halogens is 2. The van der Waals surface area contributed by atoms with Crippen LogP contribution in [0.4, 0.5) is 4.79 Å². The Morgan fingerprint density at radius 2 is 1.94 bits per heavy atom. The first-order valence-corrected chi connectivity index (χ1v) is 11.7. The molecule has 1 saturated heterocycles. The van der Waals surface area contributed by atoms with Crippen molar-refractivity contribution in [2.45, 2.75) is 13.2 Å². The van der Waals surface area contributed by atoms with Crippen molar-refractivity contribution < 1.29 is 33.0 Å². The minimum absolute atomic E-state index is 0.0240. The molecule has 3 aromatic rings. The van der Waals surface area contributed by atoms with E-state index in [-0.39, 0.29) is 30.4 Å². The number of furan rings is 1. The van der Waals surface area contributed by atoms with Gasteiger partial charge in [0.1, 0.15) is 18.1 Å². The molecule has 1 N–H and O–H groups in total. The number of carbonyl (C=O) groups excluding carboxylic acids is 3. The number of hydrogen-bond donors (Lipinski definition) is 1. The van der Waals surface area contributed by atoms with Crippen LogP contribution in [0.15, 0.2) is 63.1 Å². The fraction of sp³-hybridized carbons (Fsp3) is 0.160. The highest BCUT2D eigenvalue weighted by Gasteiger charge is 2.34. The minimum Gasteiger partial charge on any atom is -0.493 e. The van der Waals surface area contributed by atoms with Crippen LogP contribution in [0.3, 0.4) is 0 Å². The van der Waals surface area contributed by atoms with Gasteiger partial charge < -0.3 is 23.9 Å². The molecule has 0 saturated carbocycles. The Morgan fingerprint density at radius 3 is 2.67 bits per heavy atom. The molecule has 0 bridgehead atoms. The zero-order valence-corrected chi connectivity index (χ0v) is 21.5. The molecule has 0 unspecified atom stereocenters. The SMILES string of the molecule is COC(=O)c1ccc(CN2C(=O)N/C(=C\c3cc(Br)c(OCc4ccccc4Cl)c(OC)c3)C2=O)o1. The molecule has 0 spiro atoms. The van der Waals surface area contributed by atoms with Crippen LogP contribution in [-0.4, -0.2) is 37.0 Å². The van der Waals surface area contributed by atoms with Gasteiger partial charge in [-0.1, -0.05) is 29.8 Å². The third-order valence-corrected chi connectivity index (χ3v) is 6.17. The lowest BCUT2D eigenvalue weighted by Crippen LogP contribution is -2.30. The van der Waals surface area contributed by atoms with Crippen molar-refractivity contribution in [2.24, 2.45) is 0 Å². The van der Waals surface area contributed by atoms with E-state index in [9.17, 15) is 14.4 Å². The van der Waals surface area contributed by atoms with E-state index in [1.54, 1.807) is 18.2 Å². The summed E-state index contributed by atoms with van der Waals surface area (Å²) < 4.78 is 21.9. The molecule has 36 heavy (non-hydrogen) atoms. The number of benzene rings is 2. The smallest absolute Gasteiger partial charge is 0.373 e. The lowest BCUT2D eigenvalue weighted by Gasteiger charge is -2.14. The lowest BCUT2D eigenvalue weighted by atomic mass is 10.1. The molecule has 2 aromatic carbocycles. The largest absolute Gasteiger partial charge is 0.493 e. The number of nitrogens with one attached hydrogen (secondary N) is 1. The Balaban J connectivity index is 1.51. The van der Waals surface area contributed by atoms with Crippen molar-refractivity contribution in [3.63, 3.8) is 0 Å². The van der Waals surface area contributed by atoms with E-state index in [0.717, 1.165) is 10.5 Å². The summed E-state index contributed by atoms with van der Waals surface area (Å²) in [5.74, 6) is -0.0956. The monoisotopic (exact) mass is 574 g/mol. The average molecular weight is 576 g/mol. The third-order valence-electron chi connectivity index (χ3n) is 5.22. The van der Waals surface area contributed by atoms with Crippen molar-refractivity contribution in [1.29, 1.82) is 0 Å². The van der Waals surface area contributed by atoms with Gasteiger partial charge in [-0.2, -0.15) is 0 Å². The van der Waals surface area contributed by atoms with Gasteiger partial charge in [-0.3, -0.25) is 9.69 Å². The third kappa shape index (κ3) is 5.39. The van der Waals surface area contributed by atoms with E-state index in [2.05, 4.69) is 26.0 Å². The van der Waals surface area contributed by atoms with Crippen LogP contribution in [0.2, 0.25) is 5.02 Å². The first-order valence-electron chi connectivity index (χ1n) is 10.6. The summed E-state index contributed by atoms with van der Waals surface area (Å²) in [7, 11) is 2.72. The predicted molar refractivity (Wildman–Crippen MR) is 134 cm³/mol. The summed E-state index contributed by atoms with van der Waals surface area (Å²) in [6, 6.07) is 13.0. The second-order valence-electron chi connectivity index (χ2n) is 7.55. The predicted octanol–water partition coefficient (Wildman–Crippen LogP) is 5.16. The van der Waals surface area contributed by atoms with Crippen LogP contribution >= 0.6 is 27.5 Å². The number of carbonyl (C=O) groups is 3. The molecule has 2 heterocycles. The van der Waals surface area contributed by atoms with Gasteiger partial charge in [0.05, 0.1) is 25.2 Å². The van der Waals surface area contributed by atoms with Crippen molar-refractivity contribution in [3.8, 4) is 11.5 Å². The molecule has 11 heteroatoms. The van der Waals surface area contributed by atoms with Gasteiger partial charge in [0.25, 0.3) is 5.91 Å². The Hall–Kier alpha value is -3.76. The Kier molecular flexibility index (Phi) is 7.66. The maximum Gasteiger partial charge on any atom is 0.373 e. The number of hydrogen-bond acceptors (Lipinski definition) is 7. The van der Waals surface area contributed by atoms with Crippen molar-refractivity contribution >= 4 is 51.5 Å². The van der Waals surface area contributed by atoms with E-state index >= 15 is 0 Å². The van der Waals surface area contributed by atoms with Gasteiger partial charge in [-0.05, 0) is 57.9 Å². The summed E-state index contributed by atoms with van der Waals surface area (Å²) >= 11 is 9.69. The molecular formula is C25H20BrClN2O7. The number of amides is 3.